The quantitative estimate of drug-likeness (QED) is 0.543. The number of hydrogen-bond donors (Lipinski definition) is 2. The van der Waals surface area contributed by atoms with Crippen molar-refractivity contribution in [2.75, 3.05) is 11.6 Å². The number of aromatic nitrogens is 5. The Labute approximate surface area is 160 Å². The van der Waals surface area contributed by atoms with E-state index in [9.17, 15) is 13.7 Å². The summed E-state index contributed by atoms with van der Waals surface area (Å²) >= 11 is 0. The van der Waals surface area contributed by atoms with E-state index in [4.69, 9.17) is 0 Å². The van der Waals surface area contributed by atoms with Crippen molar-refractivity contribution < 1.29 is 8.42 Å². The summed E-state index contributed by atoms with van der Waals surface area (Å²) in [4.78, 5) is 4.82. The number of anilines is 2. The molecular formula is C18H17N7O2S. The van der Waals surface area contributed by atoms with Gasteiger partial charge in [-0.1, -0.05) is 0 Å². The molecule has 0 bridgehead atoms. The topological polar surface area (TPSA) is 129 Å². The molecule has 4 aromatic rings. The van der Waals surface area contributed by atoms with Crippen molar-refractivity contribution in [3.8, 4) is 6.07 Å². The van der Waals surface area contributed by atoms with Gasteiger partial charge in [0.05, 0.1) is 28.5 Å². The number of rotatable bonds is 4. The zero-order chi connectivity index (χ0) is 20.1. The minimum atomic E-state index is -3.34. The molecule has 4 rings (SSSR count). The highest BCUT2D eigenvalue weighted by molar-refractivity contribution is 7.90. The first kappa shape index (κ1) is 17.9. The first-order chi connectivity index (χ1) is 13.3. The van der Waals surface area contributed by atoms with E-state index < -0.39 is 9.84 Å². The second-order valence-electron chi connectivity index (χ2n) is 6.75. The fourth-order valence-electron chi connectivity index (χ4n) is 3.08. The van der Waals surface area contributed by atoms with E-state index in [0.717, 1.165) is 5.39 Å². The molecule has 0 saturated heterocycles. The smallest absolute Gasteiger partial charge is 0.175 e. The van der Waals surface area contributed by atoms with Crippen LogP contribution in [0.3, 0.4) is 0 Å². The third-order valence-electron chi connectivity index (χ3n) is 4.44. The number of nitrogens with one attached hydrogen (secondary N) is 2. The molecule has 0 atom stereocenters. The number of benzene rings is 1. The number of H-pyrrole nitrogens is 1. The summed E-state index contributed by atoms with van der Waals surface area (Å²) < 4.78 is 25.4. The van der Waals surface area contributed by atoms with Crippen LogP contribution in [0.5, 0.6) is 0 Å². The maximum Gasteiger partial charge on any atom is 0.175 e. The van der Waals surface area contributed by atoms with Gasteiger partial charge in [0.25, 0.3) is 0 Å². The molecule has 3 heterocycles. The molecule has 0 aliphatic heterocycles. The molecule has 0 aliphatic rings. The zero-order valence-corrected chi connectivity index (χ0v) is 16.2. The van der Waals surface area contributed by atoms with Crippen molar-refractivity contribution in [1.29, 1.82) is 5.26 Å². The molecular weight excluding hydrogens is 378 g/mol. The standard InChI is InChI=1S/C18H17N7O2S/c1-10(2)25-16(7-19)15(9-21-25)23-18-17-13(8-20-24-17)12-6-11(28(3,26)27)4-5-14(12)22-18/h4-6,8-10H,1-3H3,(H,20,24)(H,22,23). The van der Waals surface area contributed by atoms with Crippen molar-refractivity contribution in [1.82, 2.24) is 25.0 Å². The van der Waals surface area contributed by atoms with Crippen molar-refractivity contribution in [2.45, 2.75) is 24.8 Å². The average molecular weight is 395 g/mol. The van der Waals surface area contributed by atoms with Gasteiger partial charge in [-0.25, -0.2) is 13.4 Å². The van der Waals surface area contributed by atoms with Crippen LogP contribution in [-0.2, 0) is 9.84 Å². The van der Waals surface area contributed by atoms with Gasteiger partial charge >= 0.3 is 0 Å². The van der Waals surface area contributed by atoms with Gasteiger partial charge in [-0.15, -0.1) is 0 Å². The van der Waals surface area contributed by atoms with E-state index >= 15 is 0 Å². The van der Waals surface area contributed by atoms with Crippen LogP contribution >= 0.6 is 0 Å². The first-order valence-electron chi connectivity index (χ1n) is 8.51. The third-order valence-corrected chi connectivity index (χ3v) is 5.55. The van der Waals surface area contributed by atoms with Crippen LogP contribution in [-0.4, -0.2) is 39.6 Å². The molecule has 0 fully saturated rings. The summed E-state index contributed by atoms with van der Waals surface area (Å²) in [5.74, 6) is 0.479. The Morgan fingerprint density at radius 2 is 2.04 bits per heavy atom. The maximum atomic E-state index is 11.9. The number of nitrogens with zero attached hydrogens (tertiary/aromatic N) is 5. The summed E-state index contributed by atoms with van der Waals surface area (Å²) in [6, 6.07) is 6.98. The summed E-state index contributed by atoms with van der Waals surface area (Å²) in [6.07, 6.45) is 4.37. The molecule has 2 N–H and O–H groups in total. The van der Waals surface area contributed by atoms with Gasteiger partial charge in [-0.2, -0.15) is 15.5 Å². The number of nitriles is 1. The summed E-state index contributed by atoms with van der Waals surface area (Å²) in [7, 11) is -3.34. The van der Waals surface area contributed by atoms with Crippen LogP contribution < -0.4 is 5.32 Å². The molecule has 0 spiro atoms. The number of pyridine rings is 1. The lowest BCUT2D eigenvalue weighted by atomic mass is 10.1. The number of aromatic amines is 1. The van der Waals surface area contributed by atoms with Crippen LogP contribution in [0.25, 0.3) is 21.8 Å². The Bertz CT molecular complexity index is 1360. The predicted molar refractivity (Wildman–Crippen MR) is 105 cm³/mol. The van der Waals surface area contributed by atoms with Crippen LogP contribution in [0.2, 0.25) is 0 Å². The molecule has 0 radical (unpaired) electrons. The Morgan fingerprint density at radius 3 is 2.71 bits per heavy atom. The first-order valence-corrected chi connectivity index (χ1v) is 10.4. The van der Waals surface area contributed by atoms with Crippen molar-refractivity contribution in [3.63, 3.8) is 0 Å². The highest BCUT2D eigenvalue weighted by atomic mass is 32.2. The molecule has 3 aromatic heterocycles. The minimum Gasteiger partial charge on any atom is -0.335 e. The summed E-state index contributed by atoms with van der Waals surface area (Å²) in [6.45, 7) is 3.89. The van der Waals surface area contributed by atoms with E-state index in [0.29, 0.717) is 33.6 Å². The molecule has 10 heteroatoms. The van der Waals surface area contributed by atoms with Crippen LogP contribution in [0, 0.1) is 11.3 Å². The lowest BCUT2D eigenvalue weighted by Crippen LogP contribution is -2.06. The van der Waals surface area contributed by atoms with Gasteiger partial charge in [0, 0.05) is 23.1 Å². The highest BCUT2D eigenvalue weighted by Gasteiger charge is 2.17. The number of hydrogen-bond acceptors (Lipinski definition) is 7. The van der Waals surface area contributed by atoms with Crippen LogP contribution in [0.15, 0.2) is 35.5 Å². The average Bonchev–Trinajstić information content (AvgIpc) is 3.27. The van der Waals surface area contributed by atoms with E-state index in [1.165, 1.54) is 12.3 Å². The summed E-state index contributed by atoms with van der Waals surface area (Å²) in [5, 5.41) is 25.3. The van der Waals surface area contributed by atoms with E-state index in [1.807, 2.05) is 13.8 Å². The van der Waals surface area contributed by atoms with Gasteiger partial charge in [0.2, 0.25) is 0 Å². The van der Waals surface area contributed by atoms with Gasteiger partial charge < -0.3 is 5.32 Å². The predicted octanol–water partition coefficient (Wildman–Crippen LogP) is 2.91. The van der Waals surface area contributed by atoms with Gasteiger partial charge in [0.15, 0.2) is 21.3 Å². The molecule has 0 amide bonds. The second kappa shape index (κ2) is 6.31. The third kappa shape index (κ3) is 2.86. The Kier molecular flexibility index (Phi) is 4.05. The SMILES string of the molecule is CC(C)n1ncc(Nc2nc3ccc(S(C)(=O)=O)cc3c3cn[nH]c23)c1C#N. The van der Waals surface area contributed by atoms with Crippen LogP contribution in [0.1, 0.15) is 25.6 Å². The molecule has 9 nitrogen and oxygen atoms in total. The van der Waals surface area contributed by atoms with Crippen molar-refractivity contribution in [3.05, 3.63) is 36.3 Å². The second-order valence-corrected chi connectivity index (χ2v) is 8.77. The number of sulfone groups is 1. The molecule has 0 saturated carbocycles. The molecule has 0 unspecified atom stereocenters. The fourth-order valence-corrected chi connectivity index (χ4v) is 3.73. The Hall–Kier alpha value is -3.45. The minimum absolute atomic E-state index is 0.0383. The molecule has 1 aromatic carbocycles. The van der Waals surface area contributed by atoms with E-state index in [-0.39, 0.29) is 10.9 Å². The van der Waals surface area contributed by atoms with Gasteiger partial charge in [0.1, 0.15) is 11.6 Å². The maximum absolute atomic E-state index is 11.9. The molecule has 142 valence electrons. The molecule has 28 heavy (non-hydrogen) atoms. The number of fused-ring (bicyclic) bond motifs is 3. The monoisotopic (exact) mass is 395 g/mol. The fraction of sp³-hybridized carbons (Fsp3) is 0.222. The normalized spacial score (nSPS) is 12.0. The summed E-state index contributed by atoms with van der Waals surface area (Å²) in [5.41, 5.74) is 2.15. The molecule has 0 aliphatic carbocycles. The Morgan fingerprint density at radius 1 is 1.25 bits per heavy atom. The Balaban J connectivity index is 1.89. The van der Waals surface area contributed by atoms with E-state index in [1.54, 1.807) is 29.2 Å². The van der Waals surface area contributed by atoms with Gasteiger partial charge in [-0.05, 0) is 32.0 Å². The highest BCUT2D eigenvalue weighted by Crippen LogP contribution is 2.32. The van der Waals surface area contributed by atoms with Crippen molar-refractivity contribution in [2.24, 2.45) is 0 Å². The lowest BCUT2D eigenvalue weighted by molar-refractivity contribution is 0.527. The largest absolute Gasteiger partial charge is 0.335 e. The van der Waals surface area contributed by atoms with Crippen molar-refractivity contribution >= 4 is 43.1 Å². The van der Waals surface area contributed by atoms with Gasteiger partial charge in [-0.3, -0.25) is 9.78 Å². The zero-order valence-electron chi connectivity index (χ0n) is 15.4. The van der Waals surface area contributed by atoms with E-state index in [2.05, 4.69) is 31.7 Å². The van der Waals surface area contributed by atoms with Crippen LogP contribution in [0.4, 0.5) is 11.5 Å². The lowest BCUT2D eigenvalue weighted by Gasteiger charge is -2.10.